The van der Waals surface area contributed by atoms with Gasteiger partial charge in [0.15, 0.2) is 0 Å². The third-order valence-electron chi connectivity index (χ3n) is 3.26. The number of aryl methyl sites for hydroxylation is 1. The van der Waals surface area contributed by atoms with E-state index < -0.39 is 0 Å². The second-order valence-corrected chi connectivity index (χ2v) is 5.02. The Bertz CT molecular complexity index is 599. The highest BCUT2D eigenvalue weighted by Gasteiger charge is 2.05. The van der Waals surface area contributed by atoms with Crippen molar-refractivity contribution in [3.63, 3.8) is 0 Å². The van der Waals surface area contributed by atoms with Gasteiger partial charge in [-0.2, -0.15) is 0 Å². The monoisotopic (exact) mass is 244 g/mol. The fourth-order valence-corrected chi connectivity index (χ4v) is 2.11. The summed E-state index contributed by atoms with van der Waals surface area (Å²) in [6.45, 7) is 4.95. The summed E-state index contributed by atoms with van der Waals surface area (Å²) in [6, 6.07) is 8.21. The number of rotatable bonds is 4. The molecule has 0 atom stereocenters. The molecule has 2 aromatic rings. The Morgan fingerprint density at radius 1 is 1.28 bits per heavy atom. The van der Waals surface area contributed by atoms with Gasteiger partial charge in [-0.1, -0.05) is 19.9 Å². The number of hydrogen-bond donors (Lipinski definition) is 2. The van der Waals surface area contributed by atoms with Crippen molar-refractivity contribution in [2.24, 2.45) is 5.73 Å². The van der Waals surface area contributed by atoms with E-state index in [0.717, 1.165) is 29.3 Å². The van der Waals surface area contributed by atoms with E-state index in [9.17, 15) is 4.79 Å². The molecule has 0 saturated carbocycles. The van der Waals surface area contributed by atoms with E-state index in [4.69, 9.17) is 5.73 Å². The van der Waals surface area contributed by atoms with Crippen LogP contribution < -0.4 is 11.3 Å². The Labute approximate surface area is 107 Å². The first-order chi connectivity index (χ1) is 8.61. The summed E-state index contributed by atoms with van der Waals surface area (Å²) in [6.07, 6.45) is 1.59. The highest BCUT2D eigenvalue weighted by atomic mass is 16.1. The van der Waals surface area contributed by atoms with Crippen LogP contribution in [-0.2, 0) is 6.42 Å². The van der Waals surface area contributed by atoms with E-state index in [-0.39, 0.29) is 5.56 Å². The van der Waals surface area contributed by atoms with Crippen molar-refractivity contribution < 1.29 is 0 Å². The molecule has 0 amide bonds. The van der Waals surface area contributed by atoms with Gasteiger partial charge in [0.1, 0.15) is 0 Å². The topological polar surface area (TPSA) is 58.9 Å². The first-order valence-corrected chi connectivity index (χ1v) is 6.47. The van der Waals surface area contributed by atoms with Gasteiger partial charge in [-0.05, 0) is 54.5 Å². The standard InChI is InChI=1S/C15H20N2O/c1-10(2)11-5-6-14-13(8-11)9-12(4-3-7-16)15(18)17-14/h5-6,8-10H,3-4,7,16H2,1-2H3,(H,17,18). The average molecular weight is 244 g/mol. The molecule has 96 valence electrons. The van der Waals surface area contributed by atoms with Crippen molar-refractivity contribution in [2.75, 3.05) is 6.54 Å². The third kappa shape index (κ3) is 2.62. The molecule has 1 aromatic heterocycles. The fraction of sp³-hybridized carbons (Fsp3) is 0.400. The number of hydrogen-bond acceptors (Lipinski definition) is 2. The molecule has 0 spiro atoms. The van der Waals surface area contributed by atoms with E-state index in [1.54, 1.807) is 0 Å². The molecule has 1 aromatic carbocycles. The SMILES string of the molecule is CC(C)c1ccc2[nH]c(=O)c(CCCN)cc2c1. The van der Waals surface area contributed by atoms with Gasteiger partial charge in [-0.3, -0.25) is 4.79 Å². The van der Waals surface area contributed by atoms with Gasteiger partial charge >= 0.3 is 0 Å². The Morgan fingerprint density at radius 2 is 2.06 bits per heavy atom. The molecular formula is C15H20N2O. The van der Waals surface area contributed by atoms with Crippen LogP contribution in [0, 0.1) is 0 Å². The molecule has 0 saturated heterocycles. The van der Waals surface area contributed by atoms with Crippen LogP contribution in [0.15, 0.2) is 29.1 Å². The van der Waals surface area contributed by atoms with Crippen molar-refractivity contribution in [3.05, 3.63) is 45.7 Å². The lowest BCUT2D eigenvalue weighted by atomic mass is 10.00. The van der Waals surface area contributed by atoms with Gasteiger partial charge in [-0.15, -0.1) is 0 Å². The number of benzene rings is 1. The van der Waals surface area contributed by atoms with Gasteiger partial charge in [0.2, 0.25) is 0 Å². The highest BCUT2D eigenvalue weighted by Crippen LogP contribution is 2.20. The van der Waals surface area contributed by atoms with Crippen molar-refractivity contribution in [3.8, 4) is 0 Å². The third-order valence-corrected chi connectivity index (χ3v) is 3.26. The minimum absolute atomic E-state index is 0.00764. The first kappa shape index (κ1) is 12.8. The van der Waals surface area contributed by atoms with Gasteiger partial charge < -0.3 is 10.7 Å². The van der Waals surface area contributed by atoms with Crippen LogP contribution in [0.4, 0.5) is 0 Å². The van der Waals surface area contributed by atoms with Gasteiger partial charge in [0.25, 0.3) is 5.56 Å². The number of nitrogens with one attached hydrogen (secondary N) is 1. The zero-order valence-corrected chi connectivity index (χ0v) is 11.0. The molecule has 3 heteroatoms. The molecule has 0 aliphatic heterocycles. The molecular weight excluding hydrogens is 224 g/mol. The first-order valence-electron chi connectivity index (χ1n) is 6.47. The summed E-state index contributed by atoms with van der Waals surface area (Å²) in [5.74, 6) is 0.494. The quantitative estimate of drug-likeness (QED) is 0.868. The summed E-state index contributed by atoms with van der Waals surface area (Å²) >= 11 is 0. The molecule has 0 fully saturated rings. The Hall–Kier alpha value is -1.61. The molecule has 18 heavy (non-hydrogen) atoms. The van der Waals surface area contributed by atoms with Gasteiger partial charge in [0, 0.05) is 11.1 Å². The lowest BCUT2D eigenvalue weighted by Gasteiger charge is -2.08. The average Bonchev–Trinajstić information content (AvgIpc) is 2.35. The smallest absolute Gasteiger partial charge is 0.251 e. The summed E-state index contributed by atoms with van der Waals surface area (Å²) in [7, 11) is 0. The number of H-pyrrole nitrogens is 1. The fourth-order valence-electron chi connectivity index (χ4n) is 2.11. The maximum absolute atomic E-state index is 11.9. The molecule has 0 aliphatic carbocycles. The Balaban J connectivity index is 2.49. The largest absolute Gasteiger partial charge is 0.330 e. The number of nitrogens with two attached hydrogens (primary N) is 1. The normalized spacial score (nSPS) is 11.3. The molecule has 0 bridgehead atoms. The zero-order chi connectivity index (χ0) is 13.1. The number of pyridine rings is 1. The molecule has 3 N–H and O–H groups in total. The zero-order valence-electron chi connectivity index (χ0n) is 11.0. The van der Waals surface area contributed by atoms with Crippen LogP contribution in [0.2, 0.25) is 0 Å². The lowest BCUT2D eigenvalue weighted by molar-refractivity contribution is 0.824. The highest BCUT2D eigenvalue weighted by molar-refractivity contribution is 5.79. The summed E-state index contributed by atoms with van der Waals surface area (Å²) in [4.78, 5) is 14.8. The predicted octanol–water partition coefficient (Wildman–Crippen LogP) is 2.54. The number of fused-ring (bicyclic) bond motifs is 1. The van der Waals surface area contributed by atoms with Crippen LogP contribution in [0.5, 0.6) is 0 Å². The van der Waals surface area contributed by atoms with Crippen molar-refractivity contribution in [1.29, 1.82) is 0 Å². The van der Waals surface area contributed by atoms with Crippen LogP contribution in [0.1, 0.15) is 37.3 Å². The van der Waals surface area contributed by atoms with Crippen LogP contribution in [-0.4, -0.2) is 11.5 Å². The maximum Gasteiger partial charge on any atom is 0.251 e. The second-order valence-electron chi connectivity index (χ2n) is 5.02. The van der Waals surface area contributed by atoms with E-state index in [1.165, 1.54) is 5.56 Å². The number of aromatic nitrogens is 1. The minimum atomic E-state index is 0.00764. The molecule has 1 heterocycles. The molecule has 0 radical (unpaired) electrons. The minimum Gasteiger partial charge on any atom is -0.330 e. The maximum atomic E-state index is 11.9. The van der Waals surface area contributed by atoms with Crippen molar-refractivity contribution in [2.45, 2.75) is 32.6 Å². The summed E-state index contributed by atoms with van der Waals surface area (Å²) in [5.41, 5.74) is 8.52. The molecule has 3 nitrogen and oxygen atoms in total. The van der Waals surface area contributed by atoms with Gasteiger partial charge in [-0.25, -0.2) is 0 Å². The Morgan fingerprint density at radius 3 is 2.72 bits per heavy atom. The predicted molar refractivity (Wildman–Crippen MR) is 76.0 cm³/mol. The lowest BCUT2D eigenvalue weighted by Crippen LogP contribution is -2.14. The molecule has 0 aliphatic rings. The Kier molecular flexibility index (Phi) is 3.82. The van der Waals surface area contributed by atoms with Gasteiger partial charge in [0.05, 0.1) is 0 Å². The van der Waals surface area contributed by atoms with Crippen LogP contribution in [0.25, 0.3) is 10.9 Å². The van der Waals surface area contributed by atoms with Crippen LogP contribution in [0.3, 0.4) is 0 Å². The van der Waals surface area contributed by atoms with Crippen LogP contribution >= 0.6 is 0 Å². The molecule has 2 rings (SSSR count). The van der Waals surface area contributed by atoms with Crippen molar-refractivity contribution in [1.82, 2.24) is 4.98 Å². The van der Waals surface area contributed by atoms with E-state index in [0.29, 0.717) is 12.5 Å². The number of aromatic amines is 1. The summed E-state index contributed by atoms with van der Waals surface area (Å²) in [5, 5.41) is 1.10. The van der Waals surface area contributed by atoms with E-state index >= 15 is 0 Å². The van der Waals surface area contributed by atoms with E-state index in [2.05, 4.69) is 31.0 Å². The summed E-state index contributed by atoms with van der Waals surface area (Å²) < 4.78 is 0. The van der Waals surface area contributed by atoms with Crippen molar-refractivity contribution >= 4 is 10.9 Å². The van der Waals surface area contributed by atoms with E-state index in [1.807, 2.05) is 12.1 Å². The molecule has 0 unspecified atom stereocenters. The second kappa shape index (κ2) is 5.36.